The Kier molecular flexibility index (Phi) is 4.27. The Morgan fingerprint density at radius 3 is 2.75 bits per heavy atom. The molecule has 124 valence electrons. The van der Waals surface area contributed by atoms with Gasteiger partial charge in [-0.25, -0.2) is 0 Å². The summed E-state index contributed by atoms with van der Waals surface area (Å²) in [6.07, 6.45) is 4.27. The second-order valence-electron chi connectivity index (χ2n) is 6.45. The number of aromatic nitrogens is 2. The van der Waals surface area contributed by atoms with E-state index in [4.69, 9.17) is 23.2 Å². The molecule has 2 nitrogen and oxygen atoms in total. The van der Waals surface area contributed by atoms with Gasteiger partial charge in [-0.05, 0) is 43.0 Å². The van der Waals surface area contributed by atoms with Crippen LogP contribution in [0.2, 0.25) is 10.0 Å². The topological polar surface area (TPSA) is 17.8 Å². The lowest BCUT2D eigenvalue weighted by Crippen LogP contribution is -1.95. The van der Waals surface area contributed by atoms with Crippen LogP contribution in [0.1, 0.15) is 37.6 Å². The number of pyridine rings is 1. The number of halogens is 2. The van der Waals surface area contributed by atoms with Crippen LogP contribution in [0.25, 0.3) is 10.9 Å². The number of fused-ring (bicyclic) bond motifs is 3. The first-order valence-electron chi connectivity index (χ1n) is 8.19. The molecule has 0 unspecified atom stereocenters. The van der Waals surface area contributed by atoms with E-state index in [1.807, 2.05) is 24.4 Å². The van der Waals surface area contributed by atoms with Gasteiger partial charge in [0.15, 0.2) is 0 Å². The molecule has 0 saturated carbocycles. The number of benzene rings is 1. The van der Waals surface area contributed by atoms with E-state index in [0.717, 1.165) is 17.9 Å². The van der Waals surface area contributed by atoms with Gasteiger partial charge in [-0.3, -0.25) is 4.98 Å². The molecule has 0 radical (unpaired) electrons. The van der Waals surface area contributed by atoms with E-state index in [1.54, 1.807) is 11.8 Å². The van der Waals surface area contributed by atoms with Crippen molar-refractivity contribution in [1.82, 2.24) is 9.55 Å². The third kappa shape index (κ3) is 2.63. The highest BCUT2D eigenvalue weighted by Crippen LogP contribution is 2.44. The third-order valence-corrected chi connectivity index (χ3v) is 6.39. The van der Waals surface area contributed by atoms with Gasteiger partial charge in [0.1, 0.15) is 0 Å². The Hall–Kier alpha value is -1.16. The molecule has 0 amide bonds. The van der Waals surface area contributed by atoms with E-state index >= 15 is 0 Å². The van der Waals surface area contributed by atoms with E-state index in [1.165, 1.54) is 33.6 Å². The van der Waals surface area contributed by atoms with Crippen molar-refractivity contribution in [3.8, 4) is 0 Å². The lowest BCUT2D eigenvalue weighted by atomic mass is 10.1. The summed E-state index contributed by atoms with van der Waals surface area (Å²) in [7, 11) is 0. The lowest BCUT2D eigenvalue weighted by molar-refractivity contribution is 0.770. The summed E-state index contributed by atoms with van der Waals surface area (Å²) < 4.78 is 2.46. The fourth-order valence-electron chi connectivity index (χ4n) is 3.45. The van der Waals surface area contributed by atoms with Gasteiger partial charge < -0.3 is 4.57 Å². The first-order valence-corrected chi connectivity index (χ1v) is 9.76. The Labute approximate surface area is 156 Å². The minimum absolute atomic E-state index is 0.394. The van der Waals surface area contributed by atoms with E-state index in [-0.39, 0.29) is 0 Å². The molecule has 0 fully saturated rings. The predicted octanol–water partition coefficient (Wildman–Crippen LogP) is 6.56. The molecule has 3 aromatic rings. The lowest BCUT2D eigenvalue weighted by Gasteiger charge is -2.10. The van der Waals surface area contributed by atoms with Crippen LogP contribution in [-0.4, -0.2) is 9.55 Å². The van der Waals surface area contributed by atoms with Crippen molar-refractivity contribution < 1.29 is 0 Å². The van der Waals surface area contributed by atoms with Gasteiger partial charge in [0, 0.05) is 33.6 Å². The molecule has 1 aromatic carbocycles. The molecular weight excluding hydrogens is 359 g/mol. The zero-order valence-electron chi connectivity index (χ0n) is 13.6. The zero-order valence-corrected chi connectivity index (χ0v) is 16.0. The Morgan fingerprint density at radius 2 is 2.00 bits per heavy atom. The molecule has 5 heteroatoms. The average Bonchev–Trinajstić information content (AvgIpc) is 3.13. The van der Waals surface area contributed by atoms with Crippen LogP contribution in [0.3, 0.4) is 0 Å². The van der Waals surface area contributed by atoms with Gasteiger partial charge in [-0.15, -0.1) is 0 Å². The quantitative estimate of drug-likeness (QED) is 0.514. The summed E-state index contributed by atoms with van der Waals surface area (Å²) >= 11 is 14.1. The molecule has 0 atom stereocenters. The van der Waals surface area contributed by atoms with Gasteiger partial charge >= 0.3 is 0 Å². The summed E-state index contributed by atoms with van der Waals surface area (Å²) in [5.74, 6) is 0.394. The minimum atomic E-state index is 0.394. The molecule has 0 N–H and O–H groups in total. The second-order valence-corrected chi connectivity index (χ2v) is 8.35. The standard InChI is InChI=1S/C19H18Cl2N2S/c1-11(2)18-17-15(7-8-22-18)23-9-3-4-16(23)19(17)24-12-5-6-13(20)14(21)10-12/h5-8,10-11H,3-4,9H2,1-2H3. The Balaban J connectivity index is 1.92. The summed E-state index contributed by atoms with van der Waals surface area (Å²) in [6.45, 7) is 5.51. The molecule has 1 aliphatic heterocycles. The highest BCUT2D eigenvalue weighted by Gasteiger charge is 2.25. The highest BCUT2D eigenvalue weighted by molar-refractivity contribution is 7.99. The maximum Gasteiger partial charge on any atom is 0.0603 e. The van der Waals surface area contributed by atoms with Crippen LogP contribution in [0.4, 0.5) is 0 Å². The Bertz CT molecular complexity index is 931. The molecule has 1 aliphatic rings. The fourth-order valence-corrected chi connectivity index (χ4v) is 5.00. The van der Waals surface area contributed by atoms with Crippen molar-refractivity contribution in [3.05, 3.63) is 51.9 Å². The third-order valence-electron chi connectivity index (χ3n) is 4.52. The van der Waals surface area contributed by atoms with Crippen LogP contribution >= 0.6 is 35.0 Å². The van der Waals surface area contributed by atoms with Crippen LogP contribution in [0.15, 0.2) is 40.3 Å². The molecule has 0 saturated heterocycles. The van der Waals surface area contributed by atoms with Gasteiger partial charge in [-0.2, -0.15) is 0 Å². The smallest absolute Gasteiger partial charge is 0.0603 e. The van der Waals surface area contributed by atoms with Crippen LogP contribution < -0.4 is 0 Å². The maximum atomic E-state index is 6.21. The first-order chi connectivity index (χ1) is 11.6. The molecule has 3 heterocycles. The SMILES string of the molecule is CC(C)c1nccc2c1c(Sc1ccc(Cl)c(Cl)c1)c1n2CCC1. The molecule has 4 rings (SSSR count). The number of hydrogen-bond donors (Lipinski definition) is 0. The van der Waals surface area contributed by atoms with Gasteiger partial charge in [0.2, 0.25) is 0 Å². The van der Waals surface area contributed by atoms with Gasteiger partial charge in [0.25, 0.3) is 0 Å². The van der Waals surface area contributed by atoms with Crippen molar-refractivity contribution in [2.75, 3.05) is 0 Å². The number of aryl methyl sites for hydroxylation is 1. The summed E-state index contributed by atoms with van der Waals surface area (Å²) in [5.41, 5.74) is 3.91. The molecule has 24 heavy (non-hydrogen) atoms. The monoisotopic (exact) mass is 376 g/mol. The van der Waals surface area contributed by atoms with E-state index in [2.05, 4.69) is 29.5 Å². The van der Waals surface area contributed by atoms with E-state index in [0.29, 0.717) is 16.0 Å². The van der Waals surface area contributed by atoms with Crippen molar-refractivity contribution in [3.63, 3.8) is 0 Å². The number of hydrogen-bond acceptors (Lipinski definition) is 2. The molecule has 0 aliphatic carbocycles. The highest BCUT2D eigenvalue weighted by atomic mass is 35.5. The van der Waals surface area contributed by atoms with Crippen molar-refractivity contribution in [2.45, 2.75) is 48.9 Å². The molecule has 0 bridgehead atoms. The normalized spacial score (nSPS) is 13.9. The predicted molar refractivity (Wildman–Crippen MR) is 103 cm³/mol. The van der Waals surface area contributed by atoms with E-state index < -0.39 is 0 Å². The van der Waals surface area contributed by atoms with Gasteiger partial charge in [0.05, 0.1) is 21.3 Å². The summed E-state index contributed by atoms with van der Waals surface area (Å²) in [6, 6.07) is 8.00. The maximum absolute atomic E-state index is 6.21. The van der Waals surface area contributed by atoms with Crippen molar-refractivity contribution >= 4 is 45.9 Å². The molecular formula is C19H18Cl2N2S. The van der Waals surface area contributed by atoms with Crippen LogP contribution in [0.5, 0.6) is 0 Å². The van der Waals surface area contributed by atoms with E-state index in [9.17, 15) is 0 Å². The number of nitrogens with zero attached hydrogens (tertiary/aromatic N) is 2. The molecule has 0 spiro atoms. The van der Waals surface area contributed by atoms with Crippen LogP contribution in [-0.2, 0) is 13.0 Å². The van der Waals surface area contributed by atoms with Crippen LogP contribution in [0, 0.1) is 0 Å². The largest absolute Gasteiger partial charge is 0.343 e. The second kappa shape index (κ2) is 6.29. The Morgan fingerprint density at radius 1 is 1.17 bits per heavy atom. The minimum Gasteiger partial charge on any atom is -0.343 e. The fraction of sp³-hybridized carbons (Fsp3) is 0.316. The summed E-state index contributed by atoms with van der Waals surface area (Å²) in [4.78, 5) is 7.13. The van der Waals surface area contributed by atoms with Crippen molar-refractivity contribution in [2.24, 2.45) is 0 Å². The number of rotatable bonds is 3. The zero-order chi connectivity index (χ0) is 16.8. The summed E-state index contributed by atoms with van der Waals surface area (Å²) in [5, 5.41) is 2.50. The average molecular weight is 377 g/mol. The van der Waals surface area contributed by atoms with Gasteiger partial charge in [-0.1, -0.05) is 48.8 Å². The van der Waals surface area contributed by atoms with Crippen molar-refractivity contribution in [1.29, 1.82) is 0 Å². The first kappa shape index (κ1) is 16.3. The molecule has 2 aromatic heterocycles.